The zero-order valence-electron chi connectivity index (χ0n) is 12.9. The summed E-state index contributed by atoms with van der Waals surface area (Å²) in [7, 11) is 0. The minimum Gasteiger partial charge on any atom is -0.406 e. The van der Waals surface area contributed by atoms with Gasteiger partial charge >= 0.3 is 12.0 Å². The number of hydrogen-bond donors (Lipinski definition) is 1. The van der Waals surface area contributed by atoms with Gasteiger partial charge in [0.25, 0.3) is 0 Å². The van der Waals surface area contributed by atoms with Crippen LogP contribution >= 0.6 is 0 Å². The molecule has 8 nitrogen and oxygen atoms in total. The van der Waals surface area contributed by atoms with Crippen LogP contribution in [0, 0.1) is 16.0 Å². The Morgan fingerprint density at radius 1 is 1.40 bits per heavy atom. The van der Waals surface area contributed by atoms with E-state index in [9.17, 15) is 28.1 Å². The number of halogens is 3. The molecule has 1 aromatic carbocycles. The number of carbonyl (C=O) groups is 1. The molecule has 0 aliphatic carbocycles. The van der Waals surface area contributed by atoms with Gasteiger partial charge in [0.05, 0.1) is 17.4 Å². The molecule has 2 aromatic rings. The first-order valence-electron chi connectivity index (χ1n) is 6.97. The number of aromatic nitrogens is 2. The lowest BCUT2D eigenvalue weighted by molar-refractivity contribution is -0.385. The number of alkyl halides is 3. The fraction of sp³-hybridized carbons (Fsp3) is 0.286. The average Bonchev–Trinajstić information content (AvgIpc) is 2.96. The van der Waals surface area contributed by atoms with Crippen molar-refractivity contribution in [2.45, 2.75) is 19.8 Å². The molecule has 0 aliphatic heterocycles. The van der Waals surface area contributed by atoms with Gasteiger partial charge in [-0.15, -0.1) is 13.2 Å². The first kappa shape index (κ1) is 18.2. The van der Waals surface area contributed by atoms with Crippen LogP contribution in [0.5, 0.6) is 5.75 Å². The number of ether oxygens (including phenoxy) is 1. The Bertz CT molecular complexity index is 758. The second kappa shape index (κ2) is 7.20. The summed E-state index contributed by atoms with van der Waals surface area (Å²) in [6.07, 6.45) is -2.51. The molecule has 0 saturated heterocycles. The molecular formula is C14H13F3N4O4. The van der Waals surface area contributed by atoms with Crippen molar-refractivity contribution in [2.75, 3.05) is 5.32 Å². The molecule has 0 spiro atoms. The maximum Gasteiger partial charge on any atom is 0.573 e. The zero-order valence-corrected chi connectivity index (χ0v) is 12.9. The largest absolute Gasteiger partial charge is 0.573 e. The molecule has 0 bridgehead atoms. The Kier molecular flexibility index (Phi) is 5.25. The van der Waals surface area contributed by atoms with Gasteiger partial charge in [0.1, 0.15) is 18.1 Å². The van der Waals surface area contributed by atoms with Crippen LogP contribution in [0.25, 0.3) is 0 Å². The Hall–Kier alpha value is -3.11. The second-order valence-corrected chi connectivity index (χ2v) is 5.14. The highest BCUT2D eigenvalue weighted by Gasteiger charge is 2.31. The number of hydrogen-bond acceptors (Lipinski definition) is 5. The lowest BCUT2D eigenvalue weighted by Crippen LogP contribution is -2.24. The van der Waals surface area contributed by atoms with Crippen LogP contribution in [-0.2, 0) is 11.3 Å². The number of rotatable bonds is 6. The molecule has 134 valence electrons. The van der Waals surface area contributed by atoms with Crippen molar-refractivity contribution >= 4 is 17.3 Å². The highest BCUT2D eigenvalue weighted by Crippen LogP contribution is 2.24. The third kappa shape index (κ3) is 5.48. The van der Waals surface area contributed by atoms with Crippen molar-refractivity contribution in [2.24, 2.45) is 5.92 Å². The molecular weight excluding hydrogens is 345 g/mol. The molecule has 1 unspecified atom stereocenters. The molecule has 0 saturated carbocycles. The van der Waals surface area contributed by atoms with Crippen molar-refractivity contribution in [1.29, 1.82) is 0 Å². The quantitative estimate of drug-likeness (QED) is 0.632. The van der Waals surface area contributed by atoms with Gasteiger partial charge in [0.2, 0.25) is 5.91 Å². The summed E-state index contributed by atoms with van der Waals surface area (Å²) in [5.74, 6) is -1.39. The minimum absolute atomic E-state index is 0.106. The predicted octanol–water partition coefficient (Wildman–Crippen LogP) is 2.96. The van der Waals surface area contributed by atoms with Gasteiger partial charge in [-0.05, 0) is 24.3 Å². The van der Waals surface area contributed by atoms with Crippen LogP contribution in [0.15, 0.2) is 36.7 Å². The van der Waals surface area contributed by atoms with E-state index in [2.05, 4.69) is 15.2 Å². The highest BCUT2D eigenvalue weighted by atomic mass is 19.4. The third-order valence-electron chi connectivity index (χ3n) is 3.09. The third-order valence-corrected chi connectivity index (χ3v) is 3.09. The van der Waals surface area contributed by atoms with E-state index < -0.39 is 28.9 Å². The van der Waals surface area contributed by atoms with Gasteiger partial charge in [0, 0.05) is 5.69 Å². The van der Waals surface area contributed by atoms with Crippen LogP contribution in [0.4, 0.5) is 24.5 Å². The van der Waals surface area contributed by atoms with Gasteiger partial charge in [-0.1, -0.05) is 6.92 Å². The van der Waals surface area contributed by atoms with Crippen LogP contribution in [0.1, 0.15) is 6.92 Å². The van der Waals surface area contributed by atoms with Crippen molar-refractivity contribution in [3.63, 3.8) is 0 Å². The zero-order chi connectivity index (χ0) is 18.6. The second-order valence-electron chi connectivity index (χ2n) is 5.14. The Morgan fingerprint density at radius 3 is 2.56 bits per heavy atom. The van der Waals surface area contributed by atoms with Crippen molar-refractivity contribution in [1.82, 2.24) is 9.78 Å². The number of carbonyl (C=O) groups excluding carboxylic acids is 1. The lowest BCUT2D eigenvalue weighted by Gasteiger charge is -2.13. The van der Waals surface area contributed by atoms with Crippen molar-refractivity contribution in [3.8, 4) is 5.75 Å². The topological polar surface area (TPSA) is 99.3 Å². The molecule has 1 N–H and O–H groups in total. The van der Waals surface area contributed by atoms with E-state index in [-0.39, 0.29) is 17.9 Å². The summed E-state index contributed by atoms with van der Waals surface area (Å²) in [6, 6.07) is 4.68. The van der Waals surface area contributed by atoms with E-state index >= 15 is 0 Å². The van der Waals surface area contributed by atoms with Gasteiger partial charge in [-0.3, -0.25) is 19.6 Å². The molecule has 1 atom stereocenters. The fourth-order valence-corrected chi connectivity index (χ4v) is 1.92. The summed E-state index contributed by atoms with van der Waals surface area (Å²) in [5.41, 5.74) is 0.102. The summed E-state index contributed by atoms with van der Waals surface area (Å²) >= 11 is 0. The van der Waals surface area contributed by atoms with E-state index in [1.54, 1.807) is 6.92 Å². The Balaban J connectivity index is 1.92. The SMILES string of the molecule is CC(Cn1cc([N+](=O)[O-])cn1)C(=O)Nc1ccc(OC(F)(F)F)cc1. The molecule has 1 aromatic heterocycles. The highest BCUT2D eigenvalue weighted by molar-refractivity contribution is 5.92. The Morgan fingerprint density at radius 2 is 2.04 bits per heavy atom. The van der Waals surface area contributed by atoms with Gasteiger partial charge in [-0.25, -0.2) is 0 Å². The van der Waals surface area contributed by atoms with Gasteiger partial charge in [-0.2, -0.15) is 5.10 Å². The molecule has 0 aliphatic rings. The predicted molar refractivity (Wildman–Crippen MR) is 79.8 cm³/mol. The average molecular weight is 358 g/mol. The monoisotopic (exact) mass is 358 g/mol. The smallest absolute Gasteiger partial charge is 0.406 e. The lowest BCUT2D eigenvalue weighted by atomic mass is 10.1. The van der Waals surface area contributed by atoms with E-state index in [0.29, 0.717) is 0 Å². The normalized spacial score (nSPS) is 12.5. The van der Waals surface area contributed by atoms with Crippen LogP contribution in [0.3, 0.4) is 0 Å². The van der Waals surface area contributed by atoms with Crippen LogP contribution in [-0.4, -0.2) is 27.0 Å². The maximum atomic E-state index is 12.1. The van der Waals surface area contributed by atoms with Gasteiger partial charge in [0.15, 0.2) is 0 Å². The van der Waals surface area contributed by atoms with E-state index in [1.165, 1.54) is 23.0 Å². The fourth-order valence-electron chi connectivity index (χ4n) is 1.92. The first-order chi connectivity index (χ1) is 11.6. The molecule has 0 radical (unpaired) electrons. The minimum atomic E-state index is -4.79. The Labute approximate surface area is 139 Å². The number of nitrogens with zero attached hydrogens (tertiary/aromatic N) is 3. The maximum absolute atomic E-state index is 12.1. The van der Waals surface area contributed by atoms with E-state index in [1.807, 2.05) is 0 Å². The standard InChI is InChI=1S/C14H13F3N4O4/c1-9(7-20-8-11(6-18-20)21(23)24)13(22)19-10-2-4-12(5-3-10)25-14(15,16)17/h2-6,8-9H,7H2,1H3,(H,19,22). The molecule has 11 heteroatoms. The number of anilines is 1. The van der Waals surface area contributed by atoms with E-state index in [4.69, 9.17) is 0 Å². The summed E-state index contributed by atoms with van der Waals surface area (Å²) in [5, 5.41) is 16.9. The number of nitrogens with one attached hydrogen (secondary N) is 1. The first-order valence-corrected chi connectivity index (χ1v) is 6.97. The van der Waals surface area contributed by atoms with Crippen LogP contribution in [0.2, 0.25) is 0 Å². The summed E-state index contributed by atoms with van der Waals surface area (Å²) in [6.45, 7) is 1.69. The van der Waals surface area contributed by atoms with Crippen LogP contribution < -0.4 is 10.1 Å². The molecule has 2 rings (SSSR count). The number of benzene rings is 1. The molecule has 0 fully saturated rings. The molecule has 1 amide bonds. The summed E-state index contributed by atoms with van der Waals surface area (Å²) < 4.78 is 41.2. The van der Waals surface area contributed by atoms with E-state index in [0.717, 1.165) is 18.3 Å². The molecule has 25 heavy (non-hydrogen) atoms. The number of nitro groups is 1. The van der Waals surface area contributed by atoms with Crippen molar-refractivity contribution in [3.05, 3.63) is 46.8 Å². The summed E-state index contributed by atoms with van der Waals surface area (Å²) in [4.78, 5) is 22.1. The van der Waals surface area contributed by atoms with Gasteiger partial charge < -0.3 is 10.1 Å². The number of amides is 1. The molecule has 1 heterocycles. The van der Waals surface area contributed by atoms with Crippen molar-refractivity contribution < 1.29 is 27.6 Å².